The van der Waals surface area contributed by atoms with Gasteiger partial charge in [-0.15, -0.1) is 11.3 Å². The molecule has 2 aromatic rings. The lowest BCUT2D eigenvalue weighted by atomic mass is 10.0. The second kappa shape index (κ2) is 7.39. The van der Waals surface area contributed by atoms with Crippen LogP contribution in [0.5, 0.6) is 5.75 Å². The minimum Gasteiger partial charge on any atom is -0.488 e. The molecule has 0 atom stereocenters. The van der Waals surface area contributed by atoms with Crippen LogP contribution in [-0.2, 0) is 6.61 Å². The molecule has 5 nitrogen and oxygen atoms in total. The number of benzene rings is 1. The molecule has 138 valence electrons. The molecule has 26 heavy (non-hydrogen) atoms. The Balaban J connectivity index is 1.40. The summed E-state index contributed by atoms with van der Waals surface area (Å²) in [6, 6.07) is 8.09. The second-order valence-electron chi connectivity index (χ2n) is 7.10. The Morgan fingerprint density at radius 1 is 1.27 bits per heavy atom. The number of ether oxygens (including phenoxy) is 1. The normalized spacial score (nSPS) is 17.3. The van der Waals surface area contributed by atoms with Crippen LogP contribution in [-0.4, -0.2) is 62.0 Å². The van der Waals surface area contributed by atoms with E-state index in [0.29, 0.717) is 13.2 Å². The van der Waals surface area contributed by atoms with Gasteiger partial charge in [-0.1, -0.05) is 12.1 Å². The van der Waals surface area contributed by atoms with Crippen LogP contribution in [0.25, 0.3) is 10.4 Å². The van der Waals surface area contributed by atoms with E-state index in [-0.39, 0.29) is 5.91 Å². The average Bonchev–Trinajstić information content (AvgIpc) is 3.08. The molecule has 1 aromatic heterocycles. The van der Waals surface area contributed by atoms with Gasteiger partial charge >= 0.3 is 0 Å². The summed E-state index contributed by atoms with van der Waals surface area (Å²) in [4.78, 5) is 19.3. The molecule has 0 spiro atoms. The van der Waals surface area contributed by atoms with Gasteiger partial charge in [-0.05, 0) is 31.7 Å². The summed E-state index contributed by atoms with van der Waals surface area (Å²) in [6.07, 6.45) is 0. The molecule has 0 aliphatic carbocycles. The number of carbonyl (C=O) groups is 1. The SMILES string of the molecule is Cc1cccc2c1-c1sc(C(=O)NCCN3CCN(C)CC3)cc1CO2. The minimum atomic E-state index is 0.0219. The highest BCUT2D eigenvalue weighted by Gasteiger charge is 2.24. The van der Waals surface area contributed by atoms with E-state index >= 15 is 0 Å². The van der Waals surface area contributed by atoms with Gasteiger partial charge in [0.05, 0.1) is 4.88 Å². The van der Waals surface area contributed by atoms with Crippen molar-refractivity contribution < 1.29 is 9.53 Å². The zero-order chi connectivity index (χ0) is 18.1. The van der Waals surface area contributed by atoms with Crippen molar-refractivity contribution in [1.82, 2.24) is 15.1 Å². The molecule has 4 rings (SSSR count). The van der Waals surface area contributed by atoms with E-state index in [2.05, 4.69) is 35.2 Å². The fourth-order valence-corrected chi connectivity index (χ4v) is 4.75. The van der Waals surface area contributed by atoms with Crippen LogP contribution in [0.3, 0.4) is 0 Å². The number of fused-ring (bicyclic) bond motifs is 3. The first-order chi connectivity index (χ1) is 12.6. The summed E-state index contributed by atoms with van der Waals surface area (Å²) in [5, 5.41) is 3.08. The first-order valence-corrected chi connectivity index (χ1v) is 9.98. The van der Waals surface area contributed by atoms with Crippen molar-refractivity contribution in [2.75, 3.05) is 46.3 Å². The zero-order valence-corrected chi connectivity index (χ0v) is 16.2. The number of piperazine rings is 1. The summed E-state index contributed by atoms with van der Waals surface area (Å²) >= 11 is 1.57. The van der Waals surface area contributed by atoms with Crippen molar-refractivity contribution in [1.29, 1.82) is 0 Å². The molecular formula is C20H25N3O2S. The number of carbonyl (C=O) groups excluding carboxylic acids is 1. The number of hydrogen-bond acceptors (Lipinski definition) is 5. The van der Waals surface area contributed by atoms with Crippen molar-refractivity contribution in [2.24, 2.45) is 0 Å². The average molecular weight is 372 g/mol. The maximum atomic E-state index is 12.6. The molecular weight excluding hydrogens is 346 g/mol. The highest BCUT2D eigenvalue weighted by molar-refractivity contribution is 7.17. The smallest absolute Gasteiger partial charge is 0.261 e. The third-order valence-electron chi connectivity index (χ3n) is 5.19. The van der Waals surface area contributed by atoms with E-state index in [0.717, 1.165) is 54.5 Å². The summed E-state index contributed by atoms with van der Waals surface area (Å²) in [5.41, 5.74) is 3.43. The van der Waals surface area contributed by atoms with Crippen LogP contribution >= 0.6 is 11.3 Å². The van der Waals surface area contributed by atoms with Gasteiger partial charge in [0, 0.05) is 55.3 Å². The number of amides is 1. The van der Waals surface area contributed by atoms with Gasteiger partial charge in [0.2, 0.25) is 0 Å². The number of aryl methyl sites for hydroxylation is 1. The van der Waals surface area contributed by atoms with E-state index < -0.39 is 0 Å². The van der Waals surface area contributed by atoms with Gasteiger partial charge in [0.15, 0.2) is 0 Å². The first-order valence-electron chi connectivity index (χ1n) is 9.16. The lowest BCUT2D eigenvalue weighted by Crippen LogP contribution is -2.46. The van der Waals surface area contributed by atoms with E-state index in [9.17, 15) is 4.79 Å². The van der Waals surface area contributed by atoms with Gasteiger partial charge in [0.1, 0.15) is 12.4 Å². The van der Waals surface area contributed by atoms with Crippen LogP contribution in [0.4, 0.5) is 0 Å². The van der Waals surface area contributed by atoms with E-state index in [1.54, 1.807) is 11.3 Å². The molecule has 2 aliphatic rings. The zero-order valence-electron chi connectivity index (χ0n) is 15.4. The Labute approximate surface area is 158 Å². The number of nitrogens with zero attached hydrogens (tertiary/aromatic N) is 2. The fourth-order valence-electron chi connectivity index (χ4n) is 3.55. The molecule has 0 saturated carbocycles. The largest absolute Gasteiger partial charge is 0.488 e. The fraction of sp³-hybridized carbons (Fsp3) is 0.450. The molecule has 1 N–H and O–H groups in total. The Morgan fingerprint density at radius 2 is 2.08 bits per heavy atom. The number of nitrogens with one attached hydrogen (secondary N) is 1. The molecule has 0 bridgehead atoms. The molecule has 1 amide bonds. The molecule has 1 aromatic carbocycles. The monoisotopic (exact) mass is 371 g/mol. The molecule has 2 aliphatic heterocycles. The predicted molar refractivity (Wildman–Crippen MR) is 105 cm³/mol. The van der Waals surface area contributed by atoms with Crippen LogP contribution in [0.2, 0.25) is 0 Å². The molecule has 0 unspecified atom stereocenters. The van der Waals surface area contributed by atoms with Crippen LogP contribution in [0.1, 0.15) is 20.8 Å². The summed E-state index contributed by atoms with van der Waals surface area (Å²) in [5.74, 6) is 0.940. The van der Waals surface area contributed by atoms with Gasteiger partial charge in [0.25, 0.3) is 5.91 Å². The Hall–Kier alpha value is -1.89. The van der Waals surface area contributed by atoms with Gasteiger partial charge < -0.3 is 15.0 Å². The standard InChI is InChI=1S/C20H25N3O2S/c1-14-4-3-5-16-18(14)19-15(13-25-16)12-17(26-19)20(24)21-6-7-23-10-8-22(2)9-11-23/h3-5,12H,6-11,13H2,1-2H3,(H,21,24). The Kier molecular flexibility index (Phi) is 4.98. The lowest BCUT2D eigenvalue weighted by Gasteiger charge is -2.32. The van der Waals surface area contributed by atoms with Crippen molar-refractivity contribution in [2.45, 2.75) is 13.5 Å². The van der Waals surface area contributed by atoms with Crippen LogP contribution in [0.15, 0.2) is 24.3 Å². The van der Waals surface area contributed by atoms with E-state index in [1.807, 2.05) is 18.2 Å². The maximum Gasteiger partial charge on any atom is 0.261 e. The predicted octanol–water partition coefficient (Wildman–Crippen LogP) is 2.59. The number of rotatable bonds is 4. The van der Waals surface area contributed by atoms with Gasteiger partial charge in [-0.2, -0.15) is 0 Å². The number of hydrogen-bond donors (Lipinski definition) is 1. The Bertz CT molecular complexity index is 809. The van der Waals surface area contributed by atoms with Crippen molar-refractivity contribution in [3.63, 3.8) is 0 Å². The van der Waals surface area contributed by atoms with Crippen molar-refractivity contribution in [3.05, 3.63) is 40.3 Å². The summed E-state index contributed by atoms with van der Waals surface area (Å²) in [7, 11) is 2.15. The van der Waals surface area contributed by atoms with Gasteiger partial charge in [-0.3, -0.25) is 9.69 Å². The topological polar surface area (TPSA) is 44.8 Å². The highest BCUT2D eigenvalue weighted by atomic mass is 32.1. The number of likely N-dealkylation sites (N-methyl/N-ethyl adjacent to an activating group) is 1. The first kappa shape index (κ1) is 17.5. The highest BCUT2D eigenvalue weighted by Crippen LogP contribution is 2.44. The Morgan fingerprint density at radius 3 is 2.88 bits per heavy atom. The van der Waals surface area contributed by atoms with E-state index in [1.165, 1.54) is 10.4 Å². The second-order valence-corrected chi connectivity index (χ2v) is 8.15. The van der Waals surface area contributed by atoms with Gasteiger partial charge in [-0.25, -0.2) is 0 Å². The molecule has 1 fully saturated rings. The molecule has 0 radical (unpaired) electrons. The van der Waals surface area contributed by atoms with E-state index in [4.69, 9.17) is 4.74 Å². The maximum absolute atomic E-state index is 12.6. The summed E-state index contributed by atoms with van der Waals surface area (Å²) in [6.45, 7) is 8.59. The third-order valence-corrected chi connectivity index (χ3v) is 6.38. The van der Waals surface area contributed by atoms with Crippen LogP contribution in [0, 0.1) is 6.92 Å². The number of thiophene rings is 1. The van der Waals surface area contributed by atoms with Crippen molar-refractivity contribution in [3.8, 4) is 16.2 Å². The summed E-state index contributed by atoms with van der Waals surface area (Å²) < 4.78 is 5.86. The molecule has 6 heteroatoms. The lowest BCUT2D eigenvalue weighted by molar-refractivity contribution is 0.0945. The molecule has 3 heterocycles. The van der Waals surface area contributed by atoms with Crippen LogP contribution < -0.4 is 10.1 Å². The molecule has 1 saturated heterocycles. The van der Waals surface area contributed by atoms with Crippen molar-refractivity contribution >= 4 is 17.2 Å². The minimum absolute atomic E-state index is 0.0219. The quantitative estimate of drug-likeness (QED) is 0.897. The third kappa shape index (κ3) is 3.49.